The van der Waals surface area contributed by atoms with Gasteiger partial charge >= 0.3 is 0 Å². The minimum atomic E-state index is -0.138. The van der Waals surface area contributed by atoms with Crippen LogP contribution >= 0.6 is 11.6 Å². The van der Waals surface area contributed by atoms with E-state index in [1.54, 1.807) is 12.1 Å². The quantitative estimate of drug-likeness (QED) is 0.450. The third-order valence-corrected chi connectivity index (χ3v) is 6.30. The third kappa shape index (κ3) is 4.75. The molecule has 0 aliphatic carbocycles. The van der Waals surface area contributed by atoms with Gasteiger partial charge in [-0.2, -0.15) is 0 Å². The zero-order valence-electron chi connectivity index (χ0n) is 17.4. The van der Waals surface area contributed by atoms with Crippen molar-refractivity contribution in [2.75, 3.05) is 13.1 Å². The van der Waals surface area contributed by atoms with Crippen LogP contribution < -0.4 is 0 Å². The van der Waals surface area contributed by atoms with Gasteiger partial charge < -0.3 is 0 Å². The number of benzene rings is 3. The number of hydrogen-bond acceptors (Lipinski definition) is 2. The molecule has 0 spiro atoms. The van der Waals surface area contributed by atoms with E-state index in [4.69, 9.17) is 11.6 Å². The maximum Gasteiger partial charge on any atom is 0.127 e. The molecule has 0 amide bonds. The molecule has 1 unspecified atom stereocenters. The number of rotatable bonds is 6. The largest absolute Gasteiger partial charge is 0.280 e. The molecule has 1 saturated heterocycles. The molecule has 1 aliphatic heterocycles. The molecule has 30 heavy (non-hydrogen) atoms. The van der Waals surface area contributed by atoms with Crippen molar-refractivity contribution >= 4 is 11.6 Å². The summed E-state index contributed by atoms with van der Waals surface area (Å²) in [7, 11) is 0. The lowest BCUT2D eigenvalue weighted by Crippen LogP contribution is -2.47. The Hall–Kier alpha value is -2.20. The summed E-state index contributed by atoms with van der Waals surface area (Å²) in [6.45, 7) is 5.45. The van der Waals surface area contributed by atoms with E-state index < -0.39 is 0 Å². The van der Waals surface area contributed by atoms with E-state index in [1.807, 2.05) is 30.3 Å². The summed E-state index contributed by atoms with van der Waals surface area (Å²) in [5, 5.41) is 0.795. The van der Waals surface area contributed by atoms with E-state index in [1.165, 1.54) is 11.1 Å². The van der Waals surface area contributed by atoms with Crippen LogP contribution in [0.3, 0.4) is 0 Å². The predicted molar refractivity (Wildman–Crippen MR) is 122 cm³/mol. The van der Waals surface area contributed by atoms with Crippen molar-refractivity contribution < 1.29 is 4.39 Å². The second-order valence-electron chi connectivity index (χ2n) is 7.95. The first kappa shape index (κ1) is 21.0. The van der Waals surface area contributed by atoms with Gasteiger partial charge in [0.2, 0.25) is 0 Å². The minimum Gasteiger partial charge on any atom is -0.280 e. The van der Waals surface area contributed by atoms with Gasteiger partial charge in [0.15, 0.2) is 0 Å². The van der Waals surface area contributed by atoms with E-state index in [2.05, 4.69) is 47.1 Å². The molecule has 1 atom stereocenters. The van der Waals surface area contributed by atoms with Gasteiger partial charge in [-0.3, -0.25) is 9.80 Å². The maximum absolute atomic E-state index is 14.4. The number of hydrogen-bond donors (Lipinski definition) is 0. The zero-order valence-corrected chi connectivity index (χ0v) is 18.2. The van der Waals surface area contributed by atoms with Gasteiger partial charge in [-0.1, -0.05) is 79.2 Å². The Morgan fingerprint density at radius 2 is 1.43 bits per heavy atom. The van der Waals surface area contributed by atoms with Crippen LogP contribution in [-0.4, -0.2) is 22.9 Å². The molecule has 1 aliphatic rings. The molecule has 0 N–H and O–H groups in total. The molecule has 0 saturated carbocycles. The summed E-state index contributed by atoms with van der Waals surface area (Å²) in [6.07, 6.45) is 2.15. The van der Waals surface area contributed by atoms with Crippen molar-refractivity contribution in [3.63, 3.8) is 0 Å². The molecule has 1 fully saturated rings. The summed E-state index contributed by atoms with van der Waals surface area (Å²) < 4.78 is 14.4. The molecule has 0 bridgehead atoms. The molecule has 3 aromatic carbocycles. The molecule has 4 rings (SSSR count). The van der Waals surface area contributed by atoms with Gasteiger partial charge in [-0.25, -0.2) is 4.39 Å². The highest BCUT2D eigenvalue weighted by molar-refractivity contribution is 6.31. The molecule has 2 nitrogen and oxygen atoms in total. The topological polar surface area (TPSA) is 6.48 Å². The Bertz CT molecular complexity index is 917. The van der Waals surface area contributed by atoms with Crippen LogP contribution in [0.5, 0.6) is 0 Å². The lowest BCUT2D eigenvalue weighted by atomic mass is 10.0. The Balaban J connectivity index is 1.67. The third-order valence-electron chi connectivity index (χ3n) is 5.93. The fraction of sp³-hybridized carbons (Fsp3) is 0.308. The standard InChI is InChI=1S/C26H28ClFN2/c1-2-20-12-14-21(15-13-20)26-29(18-22-8-3-5-10-24(22)27)16-7-17-30(26)19-23-9-4-6-11-25(23)28/h3-6,8-15,26H,2,7,16-19H2,1H3. The van der Waals surface area contributed by atoms with Gasteiger partial charge in [0.1, 0.15) is 5.82 Å². The smallest absolute Gasteiger partial charge is 0.127 e. The number of aryl methyl sites for hydroxylation is 1. The molecule has 4 heteroatoms. The highest BCUT2D eigenvalue weighted by atomic mass is 35.5. The first-order valence-electron chi connectivity index (χ1n) is 10.7. The van der Waals surface area contributed by atoms with Crippen molar-refractivity contribution in [3.8, 4) is 0 Å². The highest BCUT2D eigenvalue weighted by Crippen LogP contribution is 2.33. The lowest BCUT2D eigenvalue weighted by molar-refractivity contribution is -0.00963. The predicted octanol–water partition coefficient (Wildman–Crippen LogP) is 6.45. The zero-order chi connectivity index (χ0) is 20.9. The van der Waals surface area contributed by atoms with Crippen LogP contribution in [0.15, 0.2) is 72.8 Å². The van der Waals surface area contributed by atoms with E-state index in [0.717, 1.165) is 48.6 Å². The number of nitrogens with zero attached hydrogens (tertiary/aromatic N) is 2. The van der Waals surface area contributed by atoms with Gasteiger partial charge in [0, 0.05) is 36.8 Å². The van der Waals surface area contributed by atoms with Crippen LogP contribution in [0.25, 0.3) is 0 Å². The van der Waals surface area contributed by atoms with Crippen LogP contribution in [0, 0.1) is 5.82 Å². The lowest BCUT2D eigenvalue weighted by Gasteiger charge is -2.44. The second-order valence-corrected chi connectivity index (χ2v) is 8.35. The van der Waals surface area contributed by atoms with Gasteiger partial charge in [-0.15, -0.1) is 0 Å². The van der Waals surface area contributed by atoms with E-state index in [9.17, 15) is 4.39 Å². The number of halogens is 2. The fourth-order valence-corrected chi connectivity index (χ4v) is 4.52. The van der Waals surface area contributed by atoms with Crippen LogP contribution in [-0.2, 0) is 19.5 Å². The van der Waals surface area contributed by atoms with E-state index >= 15 is 0 Å². The summed E-state index contributed by atoms with van der Waals surface area (Å²) >= 11 is 6.47. The monoisotopic (exact) mass is 422 g/mol. The Morgan fingerprint density at radius 3 is 2.07 bits per heavy atom. The summed E-state index contributed by atoms with van der Waals surface area (Å²) in [5.74, 6) is -0.138. The van der Waals surface area contributed by atoms with Crippen LogP contribution in [0.4, 0.5) is 4.39 Å². The average Bonchev–Trinajstić information content (AvgIpc) is 2.77. The molecule has 0 radical (unpaired) electrons. The maximum atomic E-state index is 14.4. The summed E-state index contributed by atoms with van der Waals surface area (Å²) in [4.78, 5) is 4.85. The second kappa shape index (κ2) is 9.74. The minimum absolute atomic E-state index is 0.0838. The molecule has 3 aromatic rings. The van der Waals surface area contributed by atoms with Crippen LogP contribution in [0.2, 0.25) is 5.02 Å². The van der Waals surface area contributed by atoms with Crippen molar-refractivity contribution in [2.24, 2.45) is 0 Å². The Morgan fingerprint density at radius 1 is 0.833 bits per heavy atom. The molecular weight excluding hydrogens is 395 g/mol. The van der Waals surface area contributed by atoms with Crippen molar-refractivity contribution in [1.29, 1.82) is 0 Å². The van der Waals surface area contributed by atoms with Crippen molar-refractivity contribution in [2.45, 2.75) is 39.0 Å². The first-order chi connectivity index (χ1) is 14.7. The SMILES string of the molecule is CCc1ccc(C2N(Cc3ccccc3F)CCCN2Cc2ccccc2Cl)cc1. The van der Waals surface area contributed by atoms with E-state index in [-0.39, 0.29) is 12.0 Å². The normalized spacial score (nSPS) is 17.9. The van der Waals surface area contributed by atoms with Gasteiger partial charge in [0.25, 0.3) is 0 Å². The fourth-order valence-electron chi connectivity index (χ4n) is 4.32. The Kier molecular flexibility index (Phi) is 6.83. The first-order valence-corrected chi connectivity index (χ1v) is 11.1. The average molecular weight is 423 g/mol. The van der Waals surface area contributed by atoms with Crippen molar-refractivity contribution in [3.05, 3.63) is 106 Å². The Labute approximate surface area is 183 Å². The molecule has 1 heterocycles. The molecule has 156 valence electrons. The van der Waals surface area contributed by atoms with Crippen LogP contribution in [0.1, 0.15) is 41.8 Å². The van der Waals surface area contributed by atoms with Gasteiger partial charge in [0.05, 0.1) is 6.17 Å². The summed E-state index contributed by atoms with van der Waals surface area (Å²) in [6, 6.07) is 24.0. The summed E-state index contributed by atoms with van der Waals surface area (Å²) in [5.41, 5.74) is 4.44. The molecule has 0 aromatic heterocycles. The highest BCUT2D eigenvalue weighted by Gasteiger charge is 2.31. The van der Waals surface area contributed by atoms with Gasteiger partial charge in [-0.05, 0) is 41.7 Å². The van der Waals surface area contributed by atoms with Crippen molar-refractivity contribution in [1.82, 2.24) is 9.80 Å². The molecular formula is C26H28ClFN2. The van der Waals surface area contributed by atoms with E-state index in [0.29, 0.717) is 6.54 Å².